The van der Waals surface area contributed by atoms with Gasteiger partial charge in [-0.3, -0.25) is 4.90 Å². The molecule has 8 rings (SSSR count). The Hall–Kier alpha value is -3.88. The molecule has 11 nitrogen and oxygen atoms in total. The average molecular weight is 571 g/mol. The van der Waals surface area contributed by atoms with E-state index in [0.29, 0.717) is 36.9 Å². The molecule has 3 aromatic rings. The summed E-state index contributed by atoms with van der Waals surface area (Å²) in [7, 11) is 0. The van der Waals surface area contributed by atoms with E-state index >= 15 is 0 Å². The third-order valence-electron chi connectivity index (χ3n) is 9.42. The normalized spacial score (nSPS) is 24.2. The van der Waals surface area contributed by atoms with Crippen molar-refractivity contribution in [1.82, 2.24) is 29.7 Å². The monoisotopic (exact) mass is 570 g/mol. The minimum atomic E-state index is -0.228. The molecule has 1 saturated carbocycles. The van der Waals surface area contributed by atoms with Crippen molar-refractivity contribution < 1.29 is 14.6 Å². The molecule has 5 fully saturated rings. The maximum atomic E-state index is 12.7. The largest absolute Gasteiger partial charge is 0.491 e. The van der Waals surface area contributed by atoms with Crippen molar-refractivity contribution in [2.24, 2.45) is 11.3 Å². The maximum absolute atomic E-state index is 12.7. The van der Waals surface area contributed by atoms with Gasteiger partial charge in [-0.15, -0.1) is 0 Å². The number of aromatic nitrogens is 3. The summed E-state index contributed by atoms with van der Waals surface area (Å²) >= 11 is 0. The highest BCUT2D eigenvalue weighted by Gasteiger charge is 2.54. The van der Waals surface area contributed by atoms with Crippen molar-refractivity contribution in [3.8, 4) is 22.9 Å². The number of carbonyl (C=O) groups excluding carboxylic acids is 1. The van der Waals surface area contributed by atoms with Crippen LogP contribution in [0.1, 0.15) is 38.7 Å². The molecule has 4 aliphatic heterocycles. The zero-order valence-corrected chi connectivity index (χ0v) is 24.2. The van der Waals surface area contributed by atoms with Gasteiger partial charge < -0.3 is 25.0 Å². The summed E-state index contributed by atoms with van der Waals surface area (Å²) in [5.41, 5.74) is 3.06. The van der Waals surface area contributed by atoms with Gasteiger partial charge in [0, 0.05) is 62.0 Å². The van der Waals surface area contributed by atoms with Gasteiger partial charge in [0.2, 0.25) is 0 Å². The highest BCUT2D eigenvalue weighted by molar-refractivity contribution is 5.85. The Balaban J connectivity index is 1.05. The molecule has 7 heterocycles. The lowest BCUT2D eigenvalue weighted by Crippen LogP contribution is -2.71. The smallest absolute Gasteiger partial charge is 0.318 e. The van der Waals surface area contributed by atoms with Gasteiger partial charge in [-0.2, -0.15) is 10.4 Å². The summed E-state index contributed by atoms with van der Waals surface area (Å²) in [6.07, 6.45) is 8.27. The number of aliphatic hydroxyl groups excluding tert-OH is 1. The van der Waals surface area contributed by atoms with Gasteiger partial charge in [0.15, 0.2) is 0 Å². The van der Waals surface area contributed by atoms with E-state index in [1.807, 2.05) is 35.5 Å². The topological polar surface area (TPSA) is 122 Å². The number of pyridine rings is 2. The molecule has 3 unspecified atom stereocenters. The van der Waals surface area contributed by atoms with Gasteiger partial charge in [0.1, 0.15) is 24.2 Å². The van der Waals surface area contributed by atoms with Crippen LogP contribution >= 0.6 is 0 Å². The molecule has 3 aromatic heterocycles. The number of piperazine rings is 1. The quantitative estimate of drug-likeness (QED) is 0.424. The molecule has 5 aliphatic rings. The number of fused-ring (bicyclic) bond motifs is 3. The van der Waals surface area contributed by atoms with E-state index in [-0.39, 0.29) is 29.6 Å². The standard InChI is InChI=1S/C31H38N8O3/c1-20(2)12-34-30(41)39-23-9-24(39)16-37(15-23)28-4-3-21(13-33-28)26-10-25(17-38-29(26)22(11-32)14-35-38)42-8-7-36-18-27(40)31(19-36)5-6-31/h3-4,10,13-14,17,20,23-24,27,40H,5-9,12,15-16,18-19H2,1-2H3,(H,34,41). The van der Waals surface area contributed by atoms with Crippen molar-refractivity contribution in [2.75, 3.05) is 50.8 Å². The Labute approximate surface area is 245 Å². The first kappa shape index (κ1) is 27.0. The Morgan fingerprint density at radius 1 is 1.24 bits per heavy atom. The Kier molecular flexibility index (Phi) is 6.71. The second-order valence-corrected chi connectivity index (χ2v) is 12.9. The number of carbonyl (C=O) groups is 1. The number of nitriles is 1. The molecule has 2 bridgehead atoms. The number of β-amino-alcohol motifs (C(OH)–C–C–N with tert-alkyl or cyclic N) is 1. The number of ether oxygens (including phenoxy) is 1. The number of rotatable bonds is 8. The van der Waals surface area contributed by atoms with E-state index in [2.05, 4.69) is 40.1 Å². The first-order valence-corrected chi connectivity index (χ1v) is 15.1. The number of urea groups is 1. The molecule has 1 spiro atoms. The lowest BCUT2D eigenvalue weighted by Gasteiger charge is -2.56. The predicted octanol–water partition coefficient (Wildman–Crippen LogP) is 2.73. The number of anilines is 1. The average Bonchev–Trinajstić information content (AvgIpc) is 3.54. The lowest BCUT2D eigenvalue weighted by molar-refractivity contribution is 0.0364. The van der Waals surface area contributed by atoms with Crippen LogP contribution in [0.25, 0.3) is 16.6 Å². The van der Waals surface area contributed by atoms with Crippen LogP contribution in [-0.4, -0.2) is 99.6 Å². The molecule has 0 aromatic carbocycles. The molecule has 11 heteroatoms. The minimum Gasteiger partial charge on any atom is -0.491 e. The van der Waals surface area contributed by atoms with Crippen LogP contribution < -0.4 is 15.0 Å². The molecule has 2 amide bonds. The first-order chi connectivity index (χ1) is 20.3. The fourth-order valence-electron chi connectivity index (χ4n) is 6.89. The highest BCUT2D eigenvalue weighted by atomic mass is 16.5. The second kappa shape index (κ2) is 10.4. The van der Waals surface area contributed by atoms with Crippen molar-refractivity contribution >= 4 is 17.4 Å². The molecule has 4 saturated heterocycles. The molecular formula is C31H38N8O3. The summed E-state index contributed by atoms with van der Waals surface area (Å²) in [6.45, 7) is 9.31. The summed E-state index contributed by atoms with van der Waals surface area (Å²) in [5.74, 6) is 1.98. The summed E-state index contributed by atoms with van der Waals surface area (Å²) in [6, 6.07) is 8.71. The van der Waals surface area contributed by atoms with Gasteiger partial charge in [-0.05, 0) is 43.4 Å². The number of piperidine rings is 1. The molecular weight excluding hydrogens is 532 g/mol. The third kappa shape index (κ3) is 4.82. The van der Waals surface area contributed by atoms with Crippen LogP contribution in [0, 0.1) is 22.7 Å². The number of amides is 2. The van der Waals surface area contributed by atoms with E-state index < -0.39 is 0 Å². The number of hydrogen-bond donors (Lipinski definition) is 2. The SMILES string of the molecule is CC(C)CNC(=O)N1C2CC1CN(c1ccc(-c3cc(OCCN4CC(O)C5(CC5)C4)cn4ncc(C#N)c34)cn1)C2. The summed E-state index contributed by atoms with van der Waals surface area (Å²) in [5, 5.41) is 27.6. The van der Waals surface area contributed by atoms with E-state index in [0.717, 1.165) is 67.9 Å². The fraction of sp³-hybridized carbons (Fsp3) is 0.548. The molecule has 220 valence electrons. The van der Waals surface area contributed by atoms with Crippen molar-refractivity contribution in [3.63, 3.8) is 0 Å². The molecule has 2 N–H and O–H groups in total. The molecule has 0 radical (unpaired) electrons. The van der Waals surface area contributed by atoms with Crippen LogP contribution in [-0.2, 0) is 0 Å². The zero-order valence-electron chi connectivity index (χ0n) is 24.2. The minimum absolute atomic E-state index is 0.0398. The van der Waals surface area contributed by atoms with Crippen LogP contribution in [0.5, 0.6) is 5.75 Å². The summed E-state index contributed by atoms with van der Waals surface area (Å²) < 4.78 is 7.87. The summed E-state index contributed by atoms with van der Waals surface area (Å²) in [4.78, 5) is 24.0. The second-order valence-electron chi connectivity index (χ2n) is 12.9. The van der Waals surface area contributed by atoms with Gasteiger partial charge in [0.25, 0.3) is 0 Å². The number of nitrogens with one attached hydrogen (secondary N) is 1. The number of likely N-dealkylation sites (tertiary alicyclic amines) is 1. The van der Waals surface area contributed by atoms with Crippen LogP contribution in [0.3, 0.4) is 0 Å². The molecule has 42 heavy (non-hydrogen) atoms. The first-order valence-electron chi connectivity index (χ1n) is 15.1. The maximum Gasteiger partial charge on any atom is 0.318 e. The van der Waals surface area contributed by atoms with Gasteiger partial charge in [-0.1, -0.05) is 13.8 Å². The van der Waals surface area contributed by atoms with Crippen LogP contribution in [0.4, 0.5) is 10.6 Å². The van der Waals surface area contributed by atoms with Crippen molar-refractivity contribution in [2.45, 2.75) is 51.3 Å². The molecule has 3 atom stereocenters. The van der Waals surface area contributed by atoms with E-state index in [9.17, 15) is 15.2 Å². The Morgan fingerprint density at radius 3 is 2.71 bits per heavy atom. The van der Waals surface area contributed by atoms with E-state index in [4.69, 9.17) is 9.72 Å². The van der Waals surface area contributed by atoms with Gasteiger partial charge in [-0.25, -0.2) is 14.3 Å². The van der Waals surface area contributed by atoms with E-state index in [1.165, 1.54) is 0 Å². The van der Waals surface area contributed by atoms with Crippen molar-refractivity contribution in [3.05, 3.63) is 42.4 Å². The van der Waals surface area contributed by atoms with Gasteiger partial charge in [0.05, 0.1) is 41.7 Å². The number of hydrogen-bond acceptors (Lipinski definition) is 8. The number of aliphatic hydroxyl groups is 1. The molecule has 1 aliphatic carbocycles. The van der Waals surface area contributed by atoms with Gasteiger partial charge >= 0.3 is 6.03 Å². The Bertz CT molecular complexity index is 1510. The lowest BCUT2D eigenvalue weighted by atomic mass is 9.88. The predicted molar refractivity (Wildman–Crippen MR) is 157 cm³/mol. The third-order valence-corrected chi connectivity index (χ3v) is 9.42. The number of nitrogens with zero attached hydrogens (tertiary/aromatic N) is 7. The fourth-order valence-corrected chi connectivity index (χ4v) is 6.89. The Morgan fingerprint density at radius 2 is 2.05 bits per heavy atom. The highest BCUT2D eigenvalue weighted by Crippen LogP contribution is 2.52. The zero-order chi connectivity index (χ0) is 29.0. The van der Waals surface area contributed by atoms with Crippen molar-refractivity contribution in [1.29, 1.82) is 5.26 Å². The van der Waals surface area contributed by atoms with Crippen LogP contribution in [0.15, 0.2) is 36.8 Å². The van der Waals surface area contributed by atoms with Crippen LogP contribution in [0.2, 0.25) is 0 Å². The van der Waals surface area contributed by atoms with E-state index in [1.54, 1.807) is 10.7 Å².